The summed E-state index contributed by atoms with van der Waals surface area (Å²) in [5.41, 5.74) is -2.38. The quantitative estimate of drug-likeness (QED) is 0.226. The number of allylic oxidation sites excluding steroid dienone is 4. The molecule has 8 heteroatoms. The molecule has 0 heterocycles. The van der Waals surface area contributed by atoms with E-state index in [0.29, 0.717) is 50.0 Å². The molecule has 52 heavy (non-hydrogen) atoms. The van der Waals surface area contributed by atoms with E-state index in [1.165, 1.54) is 6.07 Å². The average molecular weight is 726 g/mol. The topological polar surface area (TPSA) is 87.1 Å². The first-order valence-corrected chi connectivity index (χ1v) is 19.4. The first kappa shape index (κ1) is 35.5. The Hall–Kier alpha value is -3.52. The molecule has 3 aromatic carbocycles. The summed E-state index contributed by atoms with van der Waals surface area (Å²) in [7, 11) is 0. The number of aliphatic hydroxyl groups is 2. The largest absolute Gasteiger partial charge is 0.415 e. The van der Waals surface area contributed by atoms with Gasteiger partial charge in [-0.25, -0.2) is 9.18 Å². The number of carbonyl (C=O) groups excluding carboxylic acids is 2. The number of fused-ring (bicyclic) bond motifs is 2. The summed E-state index contributed by atoms with van der Waals surface area (Å²) in [4.78, 5) is 30.2. The van der Waals surface area contributed by atoms with Crippen LogP contribution in [-0.4, -0.2) is 51.8 Å². The molecule has 1 amide bonds. The number of aliphatic hydroxyl groups excluding tert-OH is 1. The molecule has 0 radical (unpaired) electrons. The minimum Gasteiger partial charge on any atom is -0.410 e. The fraction of sp³-hybridized carbons (Fsp3) is 0.500. The number of rotatable bonds is 8. The molecule has 2 spiro atoms. The van der Waals surface area contributed by atoms with Gasteiger partial charge in [0.25, 0.3) is 0 Å². The van der Waals surface area contributed by atoms with Gasteiger partial charge in [0.1, 0.15) is 11.6 Å². The highest BCUT2D eigenvalue weighted by atomic mass is 35.5. The van der Waals surface area contributed by atoms with Crippen LogP contribution in [0.15, 0.2) is 84.5 Å². The molecule has 9 rings (SSSR count). The van der Waals surface area contributed by atoms with Crippen LogP contribution in [0.2, 0.25) is 5.02 Å². The van der Waals surface area contributed by atoms with Crippen LogP contribution in [0.4, 0.5) is 9.18 Å². The summed E-state index contributed by atoms with van der Waals surface area (Å²) < 4.78 is 21.1. The summed E-state index contributed by atoms with van der Waals surface area (Å²) in [5.74, 6) is -0.206. The van der Waals surface area contributed by atoms with Crippen LogP contribution in [-0.2, 0) is 11.2 Å². The van der Waals surface area contributed by atoms with Crippen LogP contribution in [0.25, 0.3) is 10.8 Å². The summed E-state index contributed by atoms with van der Waals surface area (Å²) in [6.45, 7) is 7.05. The standard InChI is InChI=1S/C44H49ClFNO5/c1-4-22-47(39(50)52-31-13-12-28-8-5-6-9-29(28)23-31)27-43(51)19-16-38-41(43,3)18-15-37-40(2)17-14-30(48)25-42(40)20-21-44(37,38)33(26-42)36(49)24-32-34(45)10-7-11-35(32)46/h5-13,20-21,23,26,30,37-38,48,51H,4,14-19,22,24-25,27H2,1-3H3. The van der Waals surface area contributed by atoms with E-state index in [2.05, 4.69) is 32.1 Å². The minimum atomic E-state index is -1.23. The number of Topliss-reactive ketones (excluding diaryl/α,β-unsaturated/α-hetero) is 1. The Bertz CT molecular complexity index is 1990. The normalized spacial score (nSPS) is 35.8. The zero-order valence-corrected chi connectivity index (χ0v) is 31.1. The SMILES string of the molecule is CCCN(CC1(O)CCC2C34C=CC5(C=C3C(=O)Cc3c(F)cccc3Cl)CC(O)CCC5(C)C4CCC21C)C(=O)Oc1ccc2ccccc2c1. The lowest BCUT2D eigenvalue weighted by Gasteiger charge is -2.71. The van der Waals surface area contributed by atoms with Crippen LogP contribution in [0.3, 0.4) is 0 Å². The van der Waals surface area contributed by atoms with Gasteiger partial charge < -0.3 is 19.8 Å². The van der Waals surface area contributed by atoms with Gasteiger partial charge in [0.2, 0.25) is 0 Å². The first-order chi connectivity index (χ1) is 24.8. The smallest absolute Gasteiger partial charge is 0.410 e. The van der Waals surface area contributed by atoms with Gasteiger partial charge in [-0.1, -0.05) is 87.0 Å². The third kappa shape index (κ3) is 5.09. The van der Waals surface area contributed by atoms with Crippen molar-refractivity contribution in [2.75, 3.05) is 13.1 Å². The molecule has 6 aliphatic rings. The van der Waals surface area contributed by atoms with Crippen molar-refractivity contribution < 1.29 is 28.9 Å². The van der Waals surface area contributed by atoms with Crippen LogP contribution in [0, 0.1) is 39.3 Å². The van der Waals surface area contributed by atoms with Crippen molar-refractivity contribution in [3.05, 3.63) is 101 Å². The van der Waals surface area contributed by atoms with Crippen LogP contribution >= 0.6 is 11.6 Å². The van der Waals surface area contributed by atoms with Crippen molar-refractivity contribution in [2.45, 2.75) is 90.3 Å². The van der Waals surface area contributed by atoms with Gasteiger partial charge in [-0.05, 0) is 104 Å². The zero-order chi connectivity index (χ0) is 36.7. The Kier molecular flexibility index (Phi) is 8.56. The Morgan fingerprint density at radius 2 is 1.67 bits per heavy atom. The second-order valence-electron chi connectivity index (χ2n) is 16.9. The molecule has 0 saturated heterocycles. The highest BCUT2D eigenvalue weighted by molar-refractivity contribution is 6.31. The van der Waals surface area contributed by atoms with Gasteiger partial charge in [0.15, 0.2) is 5.78 Å². The van der Waals surface area contributed by atoms with E-state index in [1.807, 2.05) is 43.3 Å². The number of benzene rings is 3. The maximum absolute atomic E-state index is 15.1. The Morgan fingerprint density at radius 1 is 0.942 bits per heavy atom. The van der Waals surface area contributed by atoms with Gasteiger partial charge in [-0.3, -0.25) is 4.79 Å². The average Bonchev–Trinajstić information content (AvgIpc) is 3.39. The Morgan fingerprint density at radius 3 is 2.44 bits per heavy atom. The highest BCUT2D eigenvalue weighted by Gasteiger charge is 2.74. The molecule has 3 fully saturated rings. The third-order valence-electron chi connectivity index (χ3n) is 14.5. The van der Waals surface area contributed by atoms with E-state index in [-0.39, 0.29) is 46.6 Å². The summed E-state index contributed by atoms with van der Waals surface area (Å²) in [5, 5.41) is 26.1. The van der Waals surface area contributed by atoms with Gasteiger partial charge in [-0.2, -0.15) is 0 Å². The lowest BCUT2D eigenvalue weighted by atomic mass is 9.32. The van der Waals surface area contributed by atoms with Gasteiger partial charge in [0, 0.05) is 45.4 Å². The number of hydrogen-bond donors (Lipinski definition) is 2. The lowest BCUT2D eigenvalue weighted by molar-refractivity contribution is -0.178. The van der Waals surface area contributed by atoms with E-state index in [1.54, 1.807) is 23.1 Å². The van der Waals surface area contributed by atoms with E-state index in [9.17, 15) is 19.8 Å². The molecule has 0 aliphatic heterocycles. The number of ketones is 1. The number of halogens is 2. The maximum Gasteiger partial charge on any atom is 0.415 e. The summed E-state index contributed by atoms with van der Waals surface area (Å²) in [6, 6.07) is 18.0. The highest BCUT2D eigenvalue weighted by Crippen LogP contribution is 2.78. The molecule has 8 unspecified atom stereocenters. The number of nitrogens with zero attached hydrogens (tertiary/aromatic N) is 1. The maximum atomic E-state index is 15.1. The Balaban J connectivity index is 1.15. The van der Waals surface area contributed by atoms with Crippen molar-refractivity contribution in [3.63, 3.8) is 0 Å². The first-order valence-electron chi connectivity index (χ1n) is 19.0. The second-order valence-corrected chi connectivity index (χ2v) is 17.3. The summed E-state index contributed by atoms with van der Waals surface area (Å²) in [6.07, 6.45) is 11.0. The van der Waals surface area contributed by atoms with Crippen molar-refractivity contribution >= 4 is 34.2 Å². The lowest BCUT2D eigenvalue weighted by Crippen LogP contribution is -2.67. The fourth-order valence-electron chi connectivity index (χ4n) is 11.8. The molecule has 0 aromatic heterocycles. The predicted molar refractivity (Wildman–Crippen MR) is 201 cm³/mol. The number of amides is 1. The summed E-state index contributed by atoms with van der Waals surface area (Å²) >= 11 is 6.47. The van der Waals surface area contributed by atoms with Crippen molar-refractivity contribution in [2.24, 2.45) is 33.5 Å². The number of ether oxygens (including phenoxy) is 1. The van der Waals surface area contributed by atoms with Crippen LogP contribution in [0.5, 0.6) is 5.75 Å². The van der Waals surface area contributed by atoms with E-state index in [0.717, 1.165) is 30.0 Å². The van der Waals surface area contributed by atoms with Crippen molar-refractivity contribution in [1.82, 2.24) is 4.90 Å². The van der Waals surface area contributed by atoms with Crippen LogP contribution < -0.4 is 4.74 Å². The van der Waals surface area contributed by atoms with Gasteiger partial charge >= 0.3 is 6.09 Å². The van der Waals surface area contributed by atoms with Gasteiger partial charge in [-0.15, -0.1) is 0 Å². The van der Waals surface area contributed by atoms with E-state index >= 15 is 4.39 Å². The molecule has 274 valence electrons. The molecule has 2 bridgehead atoms. The zero-order valence-electron chi connectivity index (χ0n) is 30.3. The molecule has 6 aliphatic carbocycles. The van der Waals surface area contributed by atoms with Crippen molar-refractivity contribution in [3.8, 4) is 5.75 Å². The van der Waals surface area contributed by atoms with E-state index < -0.39 is 39.9 Å². The molecule has 6 nitrogen and oxygen atoms in total. The van der Waals surface area contributed by atoms with Crippen molar-refractivity contribution in [1.29, 1.82) is 0 Å². The minimum absolute atomic E-state index is 0.0996. The second kappa shape index (κ2) is 12.5. The Labute approximate surface area is 310 Å². The predicted octanol–water partition coefficient (Wildman–Crippen LogP) is 9.25. The fourth-order valence-corrected chi connectivity index (χ4v) is 12.1. The molecular weight excluding hydrogens is 677 g/mol. The van der Waals surface area contributed by atoms with E-state index in [4.69, 9.17) is 16.3 Å². The van der Waals surface area contributed by atoms with Gasteiger partial charge in [0.05, 0.1) is 18.2 Å². The monoisotopic (exact) mass is 725 g/mol. The molecule has 3 aromatic rings. The number of carbonyl (C=O) groups is 2. The molecular formula is C44H49ClFNO5. The molecule has 2 N–H and O–H groups in total. The molecule has 8 atom stereocenters. The molecule has 3 saturated carbocycles. The van der Waals surface area contributed by atoms with Crippen LogP contribution in [0.1, 0.15) is 77.7 Å². The third-order valence-corrected chi connectivity index (χ3v) is 14.9. The number of hydrogen-bond acceptors (Lipinski definition) is 5.